The van der Waals surface area contributed by atoms with Crippen molar-refractivity contribution in [3.63, 3.8) is 0 Å². The van der Waals surface area contributed by atoms with E-state index in [0.717, 1.165) is 29.8 Å². The molecule has 2 heterocycles. The van der Waals surface area contributed by atoms with Crippen molar-refractivity contribution in [2.24, 2.45) is 0 Å². The molecule has 0 aliphatic rings. The molecule has 0 radical (unpaired) electrons. The van der Waals surface area contributed by atoms with E-state index in [1.54, 1.807) is 6.20 Å². The van der Waals surface area contributed by atoms with Gasteiger partial charge >= 0.3 is 0 Å². The average Bonchev–Trinajstić information content (AvgIpc) is 2.48. The number of rotatable bonds is 5. The van der Waals surface area contributed by atoms with Crippen LogP contribution in [0.4, 0.5) is 5.95 Å². The quantitative estimate of drug-likeness (QED) is 0.891. The third kappa shape index (κ3) is 3.24. The third-order valence-electron chi connectivity index (χ3n) is 3.04. The normalized spacial score (nSPS) is 12.2. The van der Waals surface area contributed by atoms with E-state index in [9.17, 15) is 0 Å². The van der Waals surface area contributed by atoms with Gasteiger partial charge in [-0.25, -0.2) is 4.98 Å². The Bertz CT molecular complexity index is 527. The van der Waals surface area contributed by atoms with Crippen molar-refractivity contribution in [1.29, 1.82) is 0 Å². The van der Waals surface area contributed by atoms with E-state index in [1.165, 1.54) is 0 Å². The highest BCUT2D eigenvalue weighted by molar-refractivity contribution is 5.30. The maximum absolute atomic E-state index is 4.52. The van der Waals surface area contributed by atoms with Gasteiger partial charge in [0.2, 0.25) is 5.95 Å². The summed E-state index contributed by atoms with van der Waals surface area (Å²) in [7, 11) is 0. The largest absolute Gasteiger partial charge is 0.346 e. The molecule has 0 saturated carbocycles. The van der Waals surface area contributed by atoms with E-state index in [2.05, 4.69) is 46.3 Å². The zero-order valence-electron chi connectivity index (χ0n) is 11.6. The molecule has 2 aromatic rings. The van der Waals surface area contributed by atoms with Crippen LogP contribution in [0.15, 0.2) is 24.5 Å². The van der Waals surface area contributed by atoms with Crippen LogP contribution in [0.5, 0.6) is 0 Å². The smallest absolute Gasteiger partial charge is 0.243 e. The maximum Gasteiger partial charge on any atom is 0.243 e. The molecule has 0 aromatic carbocycles. The summed E-state index contributed by atoms with van der Waals surface area (Å²) < 4.78 is 0. The van der Waals surface area contributed by atoms with E-state index in [4.69, 9.17) is 0 Å². The van der Waals surface area contributed by atoms with Crippen LogP contribution in [-0.2, 0) is 12.8 Å². The molecule has 5 nitrogen and oxygen atoms in total. The summed E-state index contributed by atoms with van der Waals surface area (Å²) in [5.41, 5.74) is 3.09. The van der Waals surface area contributed by atoms with Gasteiger partial charge in [0.1, 0.15) is 0 Å². The molecule has 5 heteroatoms. The van der Waals surface area contributed by atoms with Crippen LogP contribution in [0.1, 0.15) is 43.8 Å². The Morgan fingerprint density at radius 3 is 2.58 bits per heavy atom. The highest BCUT2D eigenvalue weighted by Crippen LogP contribution is 2.16. The van der Waals surface area contributed by atoms with Crippen LogP contribution >= 0.6 is 0 Å². The lowest BCUT2D eigenvalue weighted by Gasteiger charge is -2.14. The highest BCUT2D eigenvalue weighted by Gasteiger charge is 2.10. The summed E-state index contributed by atoms with van der Waals surface area (Å²) in [6.07, 6.45) is 5.34. The Morgan fingerprint density at radius 2 is 1.95 bits per heavy atom. The molecule has 2 rings (SSSR count). The highest BCUT2D eigenvalue weighted by atomic mass is 15.2. The molecule has 0 amide bonds. The van der Waals surface area contributed by atoms with E-state index in [-0.39, 0.29) is 6.04 Å². The Kier molecular flexibility index (Phi) is 4.39. The van der Waals surface area contributed by atoms with Crippen LogP contribution in [0.3, 0.4) is 0 Å². The molecule has 2 aromatic heterocycles. The summed E-state index contributed by atoms with van der Waals surface area (Å²) >= 11 is 0. The van der Waals surface area contributed by atoms with Crippen molar-refractivity contribution < 1.29 is 0 Å². The lowest BCUT2D eigenvalue weighted by atomic mass is 10.1. The molecule has 1 unspecified atom stereocenters. The third-order valence-corrected chi connectivity index (χ3v) is 3.04. The second-order valence-electron chi connectivity index (χ2n) is 4.39. The SMILES string of the molecule is CCc1nnc(NC(C)c2cccnc2)nc1CC. The minimum atomic E-state index is 0.104. The fraction of sp³-hybridized carbons (Fsp3) is 0.429. The van der Waals surface area contributed by atoms with Gasteiger partial charge < -0.3 is 5.32 Å². The van der Waals surface area contributed by atoms with E-state index in [0.29, 0.717) is 5.95 Å². The van der Waals surface area contributed by atoms with Gasteiger partial charge in [0.15, 0.2) is 0 Å². The number of pyridine rings is 1. The van der Waals surface area contributed by atoms with Gasteiger partial charge in [-0.1, -0.05) is 19.9 Å². The van der Waals surface area contributed by atoms with Crippen molar-refractivity contribution >= 4 is 5.95 Å². The predicted octanol–water partition coefficient (Wildman–Crippen LogP) is 2.56. The molecule has 0 fully saturated rings. The molecule has 19 heavy (non-hydrogen) atoms. The Hall–Kier alpha value is -2.04. The molecule has 0 aliphatic heterocycles. The van der Waals surface area contributed by atoms with Crippen LogP contribution < -0.4 is 5.32 Å². The Morgan fingerprint density at radius 1 is 1.16 bits per heavy atom. The fourth-order valence-corrected chi connectivity index (χ4v) is 1.91. The lowest BCUT2D eigenvalue weighted by Crippen LogP contribution is -2.13. The second-order valence-corrected chi connectivity index (χ2v) is 4.39. The summed E-state index contributed by atoms with van der Waals surface area (Å²) in [4.78, 5) is 8.63. The summed E-state index contributed by atoms with van der Waals surface area (Å²) in [6, 6.07) is 4.05. The summed E-state index contributed by atoms with van der Waals surface area (Å²) in [6.45, 7) is 6.20. The number of nitrogens with one attached hydrogen (secondary N) is 1. The monoisotopic (exact) mass is 257 g/mol. The van der Waals surface area contributed by atoms with Crippen LogP contribution in [0.25, 0.3) is 0 Å². The van der Waals surface area contributed by atoms with Gasteiger partial charge in [-0.05, 0) is 31.4 Å². The van der Waals surface area contributed by atoms with Crippen LogP contribution in [0.2, 0.25) is 0 Å². The molecule has 0 aliphatic carbocycles. The second kappa shape index (κ2) is 6.22. The van der Waals surface area contributed by atoms with Gasteiger partial charge in [-0.15, -0.1) is 5.10 Å². The maximum atomic E-state index is 4.52. The number of aromatic nitrogens is 4. The van der Waals surface area contributed by atoms with E-state index in [1.807, 2.05) is 18.3 Å². The molecule has 1 N–H and O–H groups in total. The van der Waals surface area contributed by atoms with E-state index < -0.39 is 0 Å². The summed E-state index contributed by atoms with van der Waals surface area (Å²) in [5.74, 6) is 0.574. The molecule has 100 valence electrons. The van der Waals surface area contributed by atoms with Crippen molar-refractivity contribution in [2.45, 2.75) is 39.7 Å². The molecule has 1 atom stereocenters. The van der Waals surface area contributed by atoms with Crippen LogP contribution in [0, 0.1) is 0 Å². The standard InChI is InChI=1S/C14H19N5/c1-4-12-13(5-2)18-19-14(17-12)16-10(3)11-7-6-8-15-9-11/h6-10H,4-5H2,1-3H3,(H,16,17,19). The molecule has 0 spiro atoms. The topological polar surface area (TPSA) is 63.6 Å². The van der Waals surface area contributed by atoms with Gasteiger partial charge in [0.25, 0.3) is 0 Å². The zero-order valence-corrected chi connectivity index (χ0v) is 11.6. The first-order valence-electron chi connectivity index (χ1n) is 6.63. The van der Waals surface area contributed by atoms with Gasteiger partial charge in [-0.3, -0.25) is 4.98 Å². The number of hydrogen-bond donors (Lipinski definition) is 1. The van der Waals surface area contributed by atoms with Crippen molar-refractivity contribution in [3.05, 3.63) is 41.5 Å². The van der Waals surface area contributed by atoms with Gasteiger partial charge in [-0.2, -0.15) is 5.10 Å². The van der Waals surface area contributed by atoms with Crippen molar-refractivity contribution in [1.82, 2.24) is 20.2 Å². The number of aryl methyl sites for hydroxylation is 2. The lowest BCUT2D eigenvalue weighted by molar-refractivity contribution is 0.788. The minimum Gasteiger partial charge on any atom is -0.346 e. The van der Waals surface area contributed by atoms with Crippen molar-refractivity contribution in [2.75, 3.05) is 5.32 Å². The molecule has 0 saturated heterocycles. The Balaban J connectivity index is 2.15. The van der Waals surface area contributed by atoms with Gasteiger partial charge in [0.05, 0.1) is 17.4 Å². The summed E-state index contributed by atoms with van der Waals surface area (Å²) in [5, 5.41) is 11.6. The zero-order chi connectivity index (χ0) is 13.7. The first-order chi connectivity index (χ1) is 9.24. The van der Waals surface area contributed by atoms with Gasteiger partial charge in [0, 0.05) is 12.4 Å². The number of hydrogen-bond acceptors (Lipinski definition) is 5. The first kappa shape index (κ1) is 13.4. The average molecular weight is 257 g/mol. The molecule has 0 bridgehead atoms. The number of anilines is 1. The van der Waals surface area contributed by atoms with Crippen molar-refractivity contribution in [3.8, 4) is 0 Å². The fourth-order valence-electron chi connectivity index (χ4n) is 1.91. The minimum absolute atomic E-state index is 0.104. The Labute approximate surface area is 113 Å². The predicted molar refractivity (Wildman–Crippen MR) is 74.9 cm³/mol. The number of nitrogens with zero attached hydrogens (tertiary/aromatic N) is 4. The molecular weight excluding hydrogens is 238 g/mol. The van der Waals surface area contributed by atoms with E-state index >= 15 is 0 Å². The van der Waals surface area contributed by atoms with Crippen LogP contribution in [-0.4, -0.2) is 20.2 Å². The first-order valence-corrected chi connectivity index (χ1v) is 6.63. The molecular formula is C14H19N5.